The molecule has 1 saturated heterocycles. The molecule has 2 aromatic carbocycles. The molecule has 32 heavy (non-hydrogen) atoms. The summed E-state index contributed by atoms with van der Waals surface area (Å²) in [4.78, 5) is 50.0. The number of carbonyl (C=O) groups is 4. The van der Waals surface area contributed by atoms with Crippen LogP contribution in [0.3, 0.4) is 0 Å². The molecule has 0 radical (unpaired) electrons. The van der Waals surface area contributed by atoms with Gasteiger partial charge in [0.2, 0.25) is 11.8 Å². The molecule has 1 fully saturated rings. The van der Waals surface area contributed by atoms with Crippen molar-refractivity contribution in [3.05, 3.63) is 69.7 Å². The summed E-state index contributed by atoms with van der Waals surface area (Å²) in [5, 5.41) is 2.16. The van der Waals surface area contributed by atoms with Crippen LogP contribution in [0.15, 0.2) is 42.5 Å². The maximum absolute atomic E-state index is 14.6. The molecule has 0 spiro atoms. The molecular formula is C22H18ClF2N3O4. The molecule has 2 aliphatic heterocycles. The summed E-state index contributed by atoms with van der Waals surface area (Å²) in [7, 11) is 0. The molecule has 4 amide bonds. The van der Waals surface area contributed by atoms with Crippen molar-refractivity contribution in [2.45, 2.75) is 37.8 Å². The molecule has 166 valence electrons. The number of nitrogens with one attached hydrogen (secondary N) is 2. The molecule has 1 unspecified atom stereocenters. The number of alkyl halides is 2. The third-order valence-electron chi connectivity index (χ3n) is 5.01. The second kappa shape index (κ2) is 8.31. The second-order valence-electron chi connectivity index (χ2n) is 7.16. The molecule has 4 rings (SSSR count). The molecule has 0 aliphatic carbocycles. The smallest absolute Gasteiger partial charge is 0.346 e. The molecule has 1 atom stereocenters. The van der Waals surface area contributed by atoms with Gasteiger partial charge in [0.15, 0.2) is 1.41 Å². The lowest BCUT2D eigenvalue weighted by molar-refractivity contribution is -0.147. The quantitative estimate of drug-likeness (QED) is 0.663. The number of benzene rings is 2. The maximum Gasteiger partial charge on any atom is 0.349 e. The number of hydrogen-bond acceptors (Lipinski definition) is 4. The largest absolute Gasteiger partial charge is 0.349 e. The number of nitrogens with zero attached hydrogens (tertiary/aromatic N) is 1. The minimum atomic E-state index is -4.00. The zero-order valence-corrected chi connectivity index (χ0v) is 17.1. The Morgan fingerprint density at radius 3 is 2.69 bits per heavy atom. The number of carbonyl (C=O) groups excluding carboxylic acids is 4. The van der Waals surface area contributed by atoms with Gasteiger partial charge in [-0.05, 0) is 35.7 Å². The van der Waals surface area contributed by atoms with Crippen LogP contribution >= 0.6 is 11.6 Å². The number of piperidine rings is 1. The third kappa shape index (κ3) is 4.08. The molecule has 0 aromatic heterocycles. The van der Waals surface area contributed by atoms with E-state index in [9.17, 15) is 28.0 Å². The molecule has 2 heterocycles. The van der Waals surface area contributed by atoms with Crippen molar-refractivity contribution in [3.8, 4) is 0 Å². The van der Waals surface area contributed by atoms with Gasteiger partial charge in [0.25, 0.3) is 11.8 Å². The number of rotatable bonds is 5. The van der Waals surface area contributed by atoms with Crippen molar-refractivity contribution >= 4 is 35.2 Å². The summed E-state index contributed by atoms with van der Waals surface area (Å²) in [6, 6.07) is 5.59. The topological polar surface area (TPSA) is 95.6 Å². The van der Waals surface area contributed by atoms with Crippen molar-refractivity contribution in [2.75, 3.05) is 0 Å². The SMILES string of the molecule is [2H]N(Cc1ccc2c(c1)CN(C1([2H])C(=O)NC(=O)CC1([2H])[2H])C2=O)C(=O)C(F)(F)c1ccc(Cl)cc1. The molecular weight excluding hydrogens is 444 g/mol. The summed E-state index contributed by atoms with van der Waals surface area (Å²) in [6.45, 7) is -0.940. The predicted octanol–water partition coefficient (Wildman–Crippen LogP) is 2.51. The Bertz CT molecular complexity index is 1290. The van der Waals surface area contributed by atoms with Crippen LogP contribution in [0.2, 0.25) is 6.43 Å². The number of amides is 4. The van der Waals surface area contributed by atoms with Crippen molar-refractivity contribution in [1.82, 2.24) is 15.5 Å². The van der Waals surface area contributed by atoms with Crippen molar-refractivity contribution in [2.24, 2.45) is 0 Å². The molecule has 2 aliphatic rings. The third-order valence-corrected chi connectivity index (χ3v) is 5.26. The number of halogens is 3. The Morgan fingerprint density at radius 1 is 1.28 bits per heavy atom. The first kappa shape index (κ1) is 17.3. The summed E-state index contributed by atoms with van der Waals surface area (Å²) < 4.78 is 61.8. The van der Waals surface area contributed by atoms with E-state index >= 15 is 0 Å². The normalized spacial score (nSPS) is 24.1. The van der Waals surface area contributed by atoms with Crippen molar-refractivity contribution in [1.29, 1.82) is 0 Å². The van der Waals surface area contributed by atoms with E-state index in [0.717, 1.165) is 12.1 Å². The number of imide groups is 1. The second-order valence-corrected chi connectivity index (χ2v) is 7.60. The molecule has 10 heteroatoms. The summed E-state index contributed by atoms with van der Waals surface area (Å²) in [5.74, 6) is -8.80. The minimum absolute atomic E-state index is 0.0419. The summed E-state index contributed by atoms with van der Waals surface area (Å²) in [6.07, 6.45) is -3.48. The van der Waals surface area contributed by atoms with Crippen LogP contribution < -0.4 is 10.6 Å². The van der Waals surface area contributed by atoms with Crippen LogP contribution in [0.25, 0.3) is 0 Å². The predicted molar refractivity (Wildman–Crippen MR) is 110 cm³/mol. The van der Waals surface area contributed by atoms with E-state index in [2.05, 4.69) is 0 Å². The molecule has 7 nitrogen and oxygen atoms in total. The van der Waals surface area contributed by atoms with Gasteiger partial charge in [-0.3, -0.25) is 24.5 Å². The van der Waals surface area contributed by atoms with E-state index in [1.807, 2.05) is 5.32 Å². The van der Waals surface area contributed by atoms with Gasteiger partial charge < -0.3 is 10.2 Å². The highest BCUT2D eigenvalue weighted by molar-refractivity contribution is 6.30. The lowest BCUT2D eigenvalue weighted by Gasteiger charge is -2.29. The van der Waals surface area contributed by atoms with Crippen molar-refractivity contribution in [3.63, 3.8) is 0 Å². The Hall–Kier alpha value is -3.33. The maximum atomic E-state index is 14.6. The van der Waals surface area contributed by atoms with Gasteiger partial charge in [0.1, 0.15) is 6.02 Å². The fourth-order valence-electron chi connectivity index (χ4n) is 3.39. The first-order valence-electron chi connectivity index (χ1n) is 11.4. The molecule has 0 saturated carbocycles. The lowest BCUT2D eigenvalue weighted by atomic mass is 10.0. The van der Waals surface area contributed by atoms with Crippen LogP contribution in [0.1, 0.15) is 44.0 Å². The van der Waals surface area contributed by atoms with E-state index in [1.165, 1.54) is 30.3 Å². The van der Waals surface area contributed by atoms with E-state index in [-0.39, 0.29) is 33.6 Å². The van der Waals surface area contributed by atoms with Gasteiger partial charge >= 0.3 is 5.92 Å². The van der Waals surface area contributed by atoms with Crippen LogP contribution in [-0.2, 0) is 33.4 Å². The van der Waals surface area contributed by atoms with Gasteiger partial charge in [0.05, 0.1) is 1.37 Å². The number of hydrogen-bond donors (Lipinski definition) is 2. The molecule has 2 aromatic rings. The van der Waals surface area contributed by atoms with E-state index in [0.29, 0.717) is 4.90 Å². The Balaban J connectivity index is 1.55. The zero-order chi connectivity index (χ0) is 26.6. The Labute approximate surface area is 192 Å². The van der Waals surface area contributed by atoms with Crippen LogP contribution in [-0.4, -0.2) is 34.5 Å². The van der Waals surface area contributed by atoms with Gasteiger partial charge in [-0.25, -0.2) is 0 Å². The fraction of sp³-hybridized carbons (Fsp3) is 0.273. The molecule has 2 N–H and O–H groups in total. The Morgan fingerprint density at radius 2 is 2.00 bits per heavy atom. The first-order valence-corrected chi connectivity index (χ1v) is 9.79. The number of fused-ring (bicyclic) bond motifs is 1. The van der Waals surface area contributed by atoms with Crippen LogP contribution in [0, 0.1) is 0 Å². The fourth-order valence-corrected chi connectivity index (χ4v) is 3.52. The van der Waals surface area contributed by atoms with Crippen molar-refractivity contribution < 1.29 is 33.5 Å². The first-order chi connectivity index (χ1) is 16.7. The highest BCUT2D eigenvalue weighted by Crippen LogP contribution is 2.30. The monoisotopic (exact) mass is 465 g/mol. The van der Waals surface area contributed by atoms with E-state index in [4.69, 9.17) is 17.1 Å². The standard InChI is InChI=1S/C22H18ClF2N3O4/c23-15-4-2-14(3-5-15)22(24,25)21(32)26-10-12-1-6-16-13(9-12)11-28(20(16)31)17-7-8-18(29)27-19(17)30/h1-6,9,17H,7-8,10-11H2,(H,26,32)(H,27,29,30)/i7D2,17D/hD. The van der Waals surface area contributed by atoms with Crippen LogP contribution in [0.5, 0.6) is 0 Å². The van der Waals surface area contributed by atoms with Gasteiger partial charge in [0, 0.05) is 38.4 Å². The van der Waals surface area contributed by atoms with Crippen LogP contribution in [0.4, 0.5) is 8.78 Å². The average molecular weight is 466 g/mol. The summed E-state index contributed by atoms with van der Waals surface area (Å²) >= 11 is 5.69. The average Bonchev–Trinajstić information content (AvgIpc) is 3.12. The minimum Gasteiger partial charge on any atom is -0.346 e. The van der Waals surface area contributed by atoms with Gasteiger partial charge in [-0.15, -0.1) is 0 Å². The van der Waals surface area contributed by atoms with E-state index < -0.39 is 60.5 Å². The van der Waals surface area contributed by atoms with E-state index in [1.54, 1.807) is 0 Å². The zero-order valence-electron chi connectivity index (χ0n) is 20.3. The van der Waals surface area contributed by atoms with Gasteiger partial charge in [-0.1, -0.05) is 35.9 Å². The van der Waals surface area contributed by atoms with Gasteiger partial charge in [-0.2, -0.15) is 8.78 Å². The summed E-state index contributed by atoms with van der Waals surface area (Å²) in [5.41, 5.74) is -0.136. The highest BCUT2D eigenvalue weighted by Gasteiger charge is 2.41. The Kier molecular flexibility index (Phi) is 4.48. The highest BCUT2D eigenvalue weighted by atomic mass is 35.5. The molecule has 0 bridgehead atoms. The lowest BCUT2D eigenvalue weighted by Crippen LogP contribution is -2.52.